The second kappa shape index (κ2) is 6.05. The number of rotatable bonds is 4. The molecule has 1 N–H and O–H groups in total. The number of aliphatic carboxylic acids is 1. The van der Waals surface area contributed by atoms with Crippen LogP contribution in [0, 0.1) is 0 Å². The molecule has 2 rings (SSSR count). The highest BCUT2D eigenvalue weighted by Crippen LogP contribution is 2.23. The Balaban J connectivity index is 2.17. The third-order valence-electron chi connectivity index (χ3n) is 3.94. The van der Waals surface area contributed by atoms with E-state index in [4.69, 9.17) is 5.11 Å². The van der Waals surface area contributed by atoms with Crippen molar-refractivity contribution < 1.29 is 14.7 Å². The van der Waals surface area contributed by atoms with Crippen LogP contribution in [0.3, 0.4) is 0 Å². The van der Waals surface area contributed by atoms with Crippen LogP contribution in [0.2, 0.25) is 0 Å². The van der Waals surface area contributed by atoms with Crippen molar-refractivity contribution in [1.82, 2.24) is 4.90 Å². The van der Waals surface area contributed by atoms with Crippen molar-refractivity contribution in [2.24, 2.45) is 0 Å². The van der Waals surface area contributed by atoms with Crippen LogP contribution in [0.1, 0.15) is 19.8 Å². The zero-order valence-electron chi connectivity index (χ0n) is 11.8. The molecule has 108 valence electrons. The van der Waals surface area contributed by atoms with Crippen LogP contribution in [-0.4, -0.2) is 47.6 Å². The lowest BCUT2D eigenvalue weighted by molar-refractivity contribution is -0.144. The summed E-state index contributed by atoms with van der Waals surface area (Å²) in [5.41, 5.74) is 0.874. The molecular formula is C15H20N2O3. The third kappa shape index (κ3) is 2.82. The molecule has 1 aromatic carbocycles. The van der Waals surface area contributed by atoms with E-state index >= 15 is 0 Å². The fourth-order valence-electron chi connectivity index (χ4n) is 2.54. The van der Waals surface area contributed by atoms with E-state index in [1.54, 1.807) is 23.8 Å². The number of nitrogens with zero attached hydrogens (tertiary/aromatic N) is 2. The van der Waals surface area contributed by atoms with Gasteiger partial charge in [-0.1, -0.05) is 18.2 Å². The fraction of sp³-hybridized carbons (Fsp3) is 0.467. The normalized spacial score (nSPS) is 21.1. The molecule has 5 nitrogen and oxygen atoms in total. The molecule has 0 aliphatic carbocycles. The molecule has 1 saturated heterocycles. The van der Waals surface area contributed by atoms with E-state index in [0.717, 1.165) is 12.1 Å². The summed E-state index contributed by atoms with van der Waals surface area (Å²) in [6, 6.07) is 8.48. The van der Waals surface area contributed by atoms with Gasteiger partial charge in [0.2, 0.25) is 5.91 Å². The Bertz CT molecular complexity index is 489. The van der Waals surface area contributed by atoms with Gasteiger partial charge in [0.25, 0.3) is 0 Å². The number of carbonyl (C=O) groups is 2. The lowest BCUT2D eigenvalue weighted by Gasteiger charge is -2.38. The number of piperidine rings is 1. The van der Waals surface area contributed by atoms with Crippen LogP contribution in [0.25, 0.3) is 0 Å². The molecule has 1 aliphatic rings. The van der Waals surface area contributed by atoms with Gasteiger partial charge in [-0.15, -0.1) is 0 Å². The molecule has 1 aliphatic heterocycles. The highest BCUT2D eigenvalue weighted by atomic mass is 16.4. The molecule has 0 radical (unpaired) electrons. The van der Waals surface area contributed by atoms with E-state index in [1.165, 1.54) is 0 Å². The molecular weight excluding hydrogens is 256 g/mol. The number of anilines is 1. The van der Waals surface area contributed by atoms with Crippen LogP contribution in [-0.2, 0) is 9.59 Å². The zero-order chi connectivity index (χ0) is 14.7. The standard InChI is InChI=1S/C15H20N2O3/c1-11(15(19)20)16(2)13-9-6-10-17(14(13)18)12-7-4-3-5-8-12/h3-5,7-8,11,13H,6,9-10H2,1-2H3,(H,19,20)/t11-,13+/m0/s1. The Morgan fingerprint density at radius 2 is 2.05 bits per heavy atom. The monoisotopic (exact) mass is 276 g/mol. The Kier molecular flexibility index (Phi) is 4.39. The molecule has 2 atom stereocenters. The molecule has 1 amide bonds. The summed E-state index contributed by atoms with van der Waals surface area (Å²) >= 11 is 0. The predicted octanol–water partition coefficient (Wildman–Crippen LogP) is 1.59. The molecule has 0 unspecified atom stereocenters. The van der Waals surface area contributed by atoms with Gasteiger partial charge in [-0.05, 0) is 38.9 Å². The summed E-state index contributed by atoms with van der Waals surface area (Å²) in [6.45, 7) is 2.30. The largest absolute Gasteiger partial charge is 0.480 e. The summed E-state index contributed by atoms with van der Waals surface area (Å²) in [7, 11) is 1.70. The predicted molar refractivity (Wildman–Crippen MR) is 76.7 cm³/mol. The van der Waals surface area contributed by atoms with Crippen molar-refractivity contribution in [2.45, 2.75) is 31.8 Å². The van der Waals surface area contributed by atoms with E-state index in [0.29, 0.717) is 13.0 Å². The van der Waals surface area contributed by atoms with Gasteiger partial charge in [0.1, 0.15) is 6.04 Å². The average molecular weight is 276 g/mol. The van der Waals surface area contributed by atoms with Crippen molar-refractivity contribution in [2.75, 3.05) is 18.5 Å². The number of benzene rings is 1. The third-order valence-corrected chi connectivity index (χ3v) is 3.94. The summed E-state index contributed by atoms with van der Waals surface area (Å²) in [5, 5.41) is 9.09. The second-order valence-electron chi connectivity index (χ2n) is 5.16. The number of hydrogen-bond donors (Lipinski definition) is 1. The summed E-state index contributed by atoms with van der Waals surface area (Å²) in [4.78, 5) is 27.1. The summed E-state index contributed by atoms with van der Waals surface area (Å²) in [6.07, 6.45) is 1.58. The highest BCUT2D eigenvalue weighted by molar-refractivity contribution is 5.98. The lowest BCUT2D eigenvalue weighted by atomic mass is 10.0. The maximum atomic E-state index is 12.6. The molecule has 5 heteroatoms. The van der Waals surface area contributed by atoms with Gasteiger partial charge in [0, 0.05) is 12.2 Å². The van der Waals surface area contributed by atoms with Crippen LogP contribution >= 0.6 is 0 Å². The lowest BCUT2D eigenvalue weighted by Crippen LogP contribution is -2.55. The number of carboxylic acids is 1. The Hall–Kier alpha value is -1.88. The van der Waals surface area contributed by atoms with Gasteiger partial charge in [0.05, 0.1) is 6.04 Å². The van der Waals surface area contributed by atoms with Crippen molar-refractivity contribution in [3.05, 3.63) is 30.3 Å². The topological polar surface area (TPSA) is 60.9 Å². The Labute approximate surface area is 118 Å². The highest BCUT2D eigenvalue weighted by Gasteiger charge is 2.35. The molecule has 0 bridgehead atoms. The minimum absolute atomic E-state index is 0.0157. The molecule has 1 fully saturated rings. The van der Waals surface area contributed by atoms with Gasteiger partial charge < -0.3 is 10.0 Å². The fourth-order valence-corrected chi connectivity index (χ4v) is 2.54. The summed E-state index contributed by atoms with van der Waals surface area (Å²) in [5.74, 6) is -0.921. The quantitative estimate of drug-likeness (QED) is 0.907. The van der Waals surface area contributed by atoms with Crippen LogP contribution in [0.4, 0.5) is 5.69 Å². The first-order valence-electron chi connectivity index (χ1n) is 6.83. The number of likely N-dealkylation sites (N-methyl/N-ethyl adjacent to an activating group) is 1. The van der Waals surface area contributed by atoms with Crippen molar-refractivity contribution in [1.29, 1.82) is 0 Å². The Morgan fingerprint density at radius 1 is 1.40 bits per heavy atom. The van der Waals surface area contributed by atoms with Gasteiger partial charge >= 0.3 is 5.97 Å². The van der Waals surface area contributed by atoms with E-state index in [2.05, 4.69) is 0 Å². The molecule has 1 aromatic rings. The first kappa shape index (κ1) is 14.5. The van der Waals surface area contributed by atoms with Gasteiger partial charge in [0.15, 0.2) is 0 Å². The number of hydrogen-bond acceptors (Lipinski definition) is 3. The zero-order valence-corrected chi connectivity index (χ0v) is 11.8. The minimum Gasteiger partial charge on any atom is -0.480 e. The smallest absolute Gasteiger partial charge is 0.320 e. The van der Waals surface area contributed by atoms with Crippen molar-refractivity contribution >= 4 is 17.6 Å². The molecule has 0 saturated carbocycles. The van der Waals surface area contributed by atoms with Gasteiger partial charge in [-0.2, -0.15) is 0 Å². The number of carbonyl (C=O) groups excluding carboxylic acids is 1. The van der Waals surface area contributed by atoms with E-state index < -0.39 is 12.0 Å². The molecule has 20 heavy (non-hydrogen) atoms. The molecule has 1 heterocycles. The van der Waals surface area contributed by atoms with Crippen LogP contribution in [0.15, 0.2) is 30.3 Å². The first-order chi connectivity index (χ1) is 9.52. The van der Waals surface area contributed by atoms with Crippen molar-refractivity contribution in [3.63, 3.8) is 0 Å². The number of carboxylic acid groups (broad SMARTS) is 1. The molecule has 0 aromatic heterocycles. The van der Waals surface area contributed by atoms with Crippen molar-refractivity contribution in [3.8, 4) is 0 Å². The maximum Gasteiger partial charge on any atom is 0.320 e. The van der Waals surface area contributed by atoms with Crippen LogP contribution < -0.4 is 4.90 Å². The van der Waals surface area contributed by atoms with Gasteiger partial charge in [-0.3, -0.25) is 14.5 Å². The number of para-hydroxylation sites is 1. The van der Waals surface area contributed by atoms with E-state index in [-0.39, 0.29) is 11.9 Å². The van der Waals surface area contributed by atoms with Crippen LogP contribution in [0.5, 0.6) is 0 Å². The van der Waals surface area contributed by atoms with Gasteiger partial charge in [-0.25, -0.2) is 0 Å². The number of amides is 1. The maximum absolute atomic E-state index is 12.6. The van der Waals surface area contributed by atoms with E-state index in [9.17, 15) is 9.59 Å². The van der Waals surface area contributed by atoms with E-state index in [1.807, 2.05) is 30.3 Å². The Morgan fingerprint density at radius 3 is 2.65 bits per heavy atom. The summed E-state index contributed by atoms with van der Waals surface area (Å²) < 4.78 is 0. The SMILES string of the molecule is C[C@@H](C(=O)O)N(C)[C@@H]1CCCN(c2ccccc2)C1=O. The first-order valence-corrected chi connectivity index (χ1v) is 6.83. The average Bonchev–Trinajstić information content (AvgIpc) is 2.47. The second-order valence-corrected chi connectivity index (χ2v) is 5.16. The molecule has 0 spiro atoms. The minimum atomic E-state index is -0.905.